The molecule has 0 spiro atoms. The van der Waals surface area contributed by atoms with Gasteiger partial charge in [0, 0.05) is 33.0 Å². The highest BCUT2D eigenvalue weighted by Crippen LogP contribution is 2.29. The van der Waals surface area contributed by atoms with E-state index in [9.17, 15) is 4.79 Å². The van der Waals surface area contributed by atoms with Crippen molar-refractivity contribution in [1.82, 2.24) is 14.2 Å². The number of furan rings is 1. The smallest absolute Gasteiger partial charge is 0.282 e. The number of rotatable bonds is 7. The average molecular weight is 549 g/mol. The quantitative estimate of drug-likeness (QED) is 0.189. The molecule has 0 aliphatic heterocycles. The lowest BCUT2D eigenvalue weighted by molar-refractivity contribution is 0.616. The van der Waals surface area contributed by atoms with Crippen LogP contribution in [0.1, 0.15) is 42.3 Å². The van der Waals surface area contributed by atoms with Gasteiger partial charge in [-0.2, -0.15) is 9.78 Å². The normalized spacial score (nSPS) is 11.8. The van der Waals surface area contributed by atoms with Gasteiger partial charge in [0.2, 0.25) is 5.82 Å². The van der Waals surface area contributed by atoms with Crippen LogP contribution in [0.2, 0.25) is 5.02 Å². The Labute approximate surface area is 237 Å². The molecule has 0 radical (unpaired) electrons. The number of aryl methyl sites for hydroxylation is 2. The van der Waals surface area contributed by atoms with Crippen molar-refractivity contribution in [2.45, 2.75) is 40.0 Å². The summed E-state index contributed by atoms with van der Waals surface area (Å²) in [5.41, 5.74) is 6.43. The van der Waals surface area contributed by atoms with Crippen molar-refractivity contribution in [3.8, 4) is 17.3 Å². The molecule has 0 fully saturated rings. The Morgan fingerprint density at radius 1 is 1.00 bits per heavy atom. The predicted octanol–water partition coefficient (Wildman–Crippen LogP) is 8.10. The molecule has 40 heavy (non-hydrogen) atoms. The van der Waals surface area contributed by atoms with Crippen molar-refractivity contribution in [1.29, 1.82) is 0 Å². The summed E-state index contributed by atoms with van der Waals surface area (Å²) in [5, 5.41) is 6.57. The fourth-order valence-corrected chi connectivity index (χ4v) is 5.32. The minimum Gasteiger partial charge on any atom is -0.453 e. The Morgan fingerprint density at radius 3 is 2.60 bits per heavy atom. The van der Waals surface area contributed by atoms with Crippen LogP contribution in [0.3, 0.4) is 0 Å². The third-order valence-corrected chi connectivity index (χ3v) is 7.48. The van der Waals surface area contributed by atoms with E-state index in [0.29, 0.717) is 33.1 Å². The van der Waals surface area contributed by atoms with Crippen LogP contribution >= 0.6 is 11.6 Å². The summed E-state index contributed by atoms with van der Waals surface area (Å²) in [6.07, 6.45) is 5.18. The number of benzene rings is 3. The van der Waals surface area contributed by atoms with Gasteiger partial charge < -0.3 is 8.98 Å². The molecule has 0 atom stereocenters. The maximum Gasteiger partial charge on any atom is 0.282 e. The van der Waals surface area contributed by atoms with Gasteiger partial charge in [-0.05, 0) is 86.8 Å². The van der Waals surface area contributed by atoms with Crippen molar-refractivity contribution in [2.24, 2.45) is 5.10 Å². The lowest BCUT2D eigenvalue weighted by atomic mass is 10.1. The van der Waals surface area contributed by atoms with Gasteiger partial charge in [-0.3, -0.25) is 4.79 Å². The van der Waals surface area contributed by atoms with Gasteiger partial charge >= 0.3 is 0 Å². The Morgan fingerprint density at radius 2 is 1.80 bits per heavy atom. The molecule has 0 saturated carbocycles. The molecular weight excluding hydrogens is 520 g/mol. The van der Waals surface area contributed by atoms with Crippen LogP contribution in [0, 0.1) is 13.8 Å². The molecule has 6 aromatic rings. The number of unbranched alkanes of at least 4 members (excludes halogenated alkanes) is 1. The number of aromatic nitrogens is 3. The van der Waals surface area contributed by atoms with E-state index >= 15 is 0 Å². The summed E-state index contributed by atoms with van der Waals surface area (Å²) in [6.45, 7) is 6.34. The van der Waals surface area contributed by atoms with Crippen LogP contribution in [-0.4, -0.2) is 20.4 Å². The molecule has 6 nitrogen and oxygen atoms in total. The highest BCUT2D eigenvalue weighted by Gasteiger charge is 2.17. The average Bonchev–Trinajstić information content (AvgIpc) is 3.50. The molecule has 0 N–H and O–H groups in total. The second-order valence-corrected chi connectivity index (χ2v) is 10.5. The first-order chi connectivity index (χ1) is 19.4. The van der Waals surface area contributed by atoms with E-state index in [0.717, 1.165) is 34.4 Å². The van der Waals surface area contributed by atoms with Gasteiger partial charge in [0.15, 0.2) is 5.76 Å². The van der Waals surface area contributed by atoms with Gasteiger partial charge in [-0.25, -0.2) is 4.98 Å². The van der Waals surface area contributed by atoms with Gasteiger partial charge in [-0.1, -0.05) is 49.2 Å². The fourth-order valence-electron chi connectivity index (χ4n) is 5.14. The van der Waals surface area contributed by atoms with Gasteiger partial charge in [0.1, 0.15) is 5.58 Å². The van der Waals surface area contributed by atoms with Crippen LogP contribution in [-0.2, 0) is 6.42 Å². The van der Waals surface area contributed by atoms with Crippen LogP contribution in [0.15, 0.2) is 93.2 Å². The van der Waals surface area contributed by atoms with Crippen LogP contribution in [0.25, 0.3) is 39.1 Å². The third kappa shape index (κ3) is 4.75. The number of fused-ring (bicyclic) bond motifs is 2. The minimum atomic E-state index is -0.271. The van der Waals surface area contributed by atoms with Crippen LogP contribution in [0.4, 0.5) is 0 Å². The molecule has 200 valence electrons. The zero-order valence-electron chi connectivity index (χ0n) is 22.7. The summed E-state index contributed by atoms with van der Waals surface area (Å²) >= 11 is 6.19. The van der Waals surface area contributed by atoms with E-state index in [4.69, 9.17) is 21.0 Å². The zero-order chi connectivity index (χ0) is 27.8. The van der Waals surface area contributed by atoms with E-state index in [1.807, 2.05) is 30.3 Å². The molecule has 3 aromatic heterocycles. The third-order valence-electron chi connectivity index (χ3n) is 7.25. The molecule has 3 aromatic carbocycles. The maximum atomic E-state index is 13.6. The number of hydrogen-bond acceptors (Lipinski definition) is 4. The van der Waals surface area contributed by atoms with Crippen LogP contribution < -0.4 is 5.56 Å². The summed E-state index contributed by atoms with van der Waals surface area (Å²) in [4.78, 5) is 18.4. The molecule has 7 heteroatoms. The summed E-state index contributed by atoms with van der Waals surface area (Å²) in [7, 11) is 0. The molecule has 0 aliphatic carbocycles. The summed E-state index contributed by atoms with van der Waals surface area (Å²) in [5.74, 6) is 0.759. The number of hydrogen-bond donors (Lipinski definition) is 0. The van der Waals surface area contributed by atoms with Crippen molar-refractivity contribution in [2.75, 3.05) is 0 Å². The standard InChI is InChI=1S/C33H29ClN4O2/c1-4-5-8-23-11-14-27(15-12-23)37-21(2)17-25(22(37)3)20-35-38-32(36-29-10-7-6-9-28(29)33(38)39)31-19-24-18-26(34)13-16-30(24)40-31/h6-7,9-20H,4-5,8H2,1-3H3. The monoisotopic (exact) mass is 548 g/mol. The SMILES string of the molecule is CCCCc1ccc(-n2c(C)cc(C=Nn3c(-c4cc5cc(Cl)ccc5o4)nc4ccccc4c3=O)c2C)cc1. The Balaban J connectivity index is 1.43. The largest absolute Gasteiger partial charge is 0.453 e. The van der Waals surface area contributed by atoms with E-state index in [2.05, 4.69) is 60.8 Å². The second kappa shape index (κ2) is 10.6. The zero-order valence-corrected chi connectivity index (χ0v) is 23.4. The molecule has 0 unspecified atom stereocenters. The minimum absolute atomic E-state index is 0.271. The first kappa shape index (κ1) is 25.8. The van der Waals surface area contributed by atoms with Crippen molar-refractivity contribution >= 4 is 39.7 Å². The molecule has 3 heterocycles. The molecule has 0 bridgehead atoms. The number of nitrogens with zero attached hydrogens (tertiary/aromatic N) is 4. The number of para-hydroxylation sites is 1. The maximum absolute atomic E-state index is 13.6. The van der Waals surface area contributed by atoms with Crippen molar-refractivity contribution < 1.29 is 4.42 Å². The van der Waals surface area contributed by atoms with Gasteiger partial charge in [0.25, 0.3) is 5.56 Å². The molecule has 0 amide bonds. The first-order valence-corrected chi connectivity index (χ1v) is 13.8. The topological polar surface area (TPSA) is 65.3 Å². The van der Waals surface area contributed by atoms with Gasteiger partial charge in [0.05, 0.1) is 17.1 Å². The highest BCUT2D eigenvalue weighted by molar-refractivity contribution is 6.31. The van der Waals surface area contributed by atoms with E-state index in [1.165, 1.54) is 23.1 Å². The Kier molecular flexibility index (Phi) is 6.86. The van der Waals surface area contributed by atoms with E-state index < -0.39 is 0 Å². The highest BCUT2D eigenvalue weighted by atomic mass is 35.5. The van der Waals surface area contributed by atoms with Crippen molar-refractivity contribution in [3.05, 3.63) is 117 Å². The Bertz CT molecular complexity index is 1940. The molecule has 0 aliphatic rings. The predicted molar refractivity (Wildman–Crippen MR) is 163 cm³/mol. The van der Waals surface area contributed by atoms with Crippen LogP contribution in [0.5, 0.6) is 0 Å². The van der Waals surface area contributed by atoms with E-state index in [-0.39, 0.29) is 5.56 Å². The number of halogens is 1. The lowest BCUT2D eigenvalue weighted by Crippen LogP contribution is -2.20. The Hall–Kier alpha value is -4.42. The van der Waals surface area contributed by atoms with Crippen molar-refractivity contribution in [3.63, 3.8) is 0 Å². The summed E-state index contributed by atoms with van der Waals surface area (Å²) < 4.78 is 9.61. The first-order valence-electron chi connectivity index (χ1n) is 13.5. The van der Waals surface area contributed by atoms with E-state index in [1.54, 1.807) is 24.4 Å². The molecule has 6 rings (SSSR count). The summed E-state index contributed by atoms with van der Waals surface area (Å²) in [6, 6.07) is 25.3. The van der Waals surface area contributed by atoms with Gasteiger partial charge in [-0.15, -0.1) is 0 Å². The molecule has 0 saturated heterocycles. The molecular formula is C33H29ClN4O2. The fraction of sp³-hybridized carbons (Fsp3) is 0.182. The second-order valence-electron chi connectivity index (χ2n) is 10.0. The lowest BCUT2D eigenvalue weighted by Gasteiger charge is -2.11.